The van der Waals surface area contributed by atoms with Crippen molar-refractivity contribution in [2.45, 2.75) is 29.7 Å². The maximum atomic E-state index is 13.7. The minimum Gasteiger partial charge on any atom is -0.497 e. The van der Waals surface area contributed by atoms with Crippen LogP contribution in [0.3, 0.4) is 0 Å². The van der Waals surface area contributed by atoms with E-state index in [0.717, 1.165) is 35.2 Å². The van der Waals surface area contributed by atoms with Gasteiger partial charge >= 0.3 is 0 Å². The number of benzene rings is 1. The predicted octanol–water partition coefficient (Wildman–Crippen LogP) is 3.70. The number of thiophene rings is 1. The van der Waals surface area contributed by atoms with Crippen molar-refractivity contribution in [2.24, 2.45) is 0 Å². The summed E-state index contributed by atoms with van der Waals surface area (Å²) in [6, 6.07) is 7.54. The Morgan fingerprint density at radius 3 is 2.72 bits per heavy atom. The molecule has 6 nitrogen and oxygen atoms in total. The van der Waals surface area contributed by atoms with Gasteiger partial charge in [-0.1, -0.05) is 17.8 Å². The highest BCUT2D eigenvalue weighted by atomic mass is 32.2. The molecule has 2 aromatic heterocycles. The third kappa shape index (κ3) is 3.94. The average Bonchev–Trinajstić information content (AvgIpc) is 3.29. The standard InChI is InChI=1S/C21H24N2O4S2/c1-25-11-15(12-26-2)28-21-22-19-18(16-8-5-9-17(16)29-19)20(24)23(21)13-6-4-7-14(10-13)27-3/h4,6-7,10,15H,5,8-9,11-12H2,1-3H3. The maximum absolute atomic E-state index is 13.7. The molecule has 0 N–H and O–H groups in total. The Balaban J connectivity index is 1.91. The first-order chi connectivity index (χ1) is 14.2. The largest absolute Gasteiger partial charge is 0.497 e. The second-order valence-electron chi connectivity index (χ2n) is 6.92. The summed E-state index contributed by atoms with van der Waals surface area (Å²) < 4.78 is 17.8. The van der Waals surface area contributed by atoms with Crippen molar-refractivity contribution in [3.05, 3.63) is 45.1 Å². The highest BCUT2D eigenvalue weighted by Gasteiger charge is 2.25. The maximum Gasteiger partial charge on any atom is 0.267 e. The zero-order chi connectivity index (χ0) is 20.4. The molecule has 0 unspecified atom stereocenters. The molecule has 0 fully saturated rings. The molecule has 2 heterocycles. The number of nitrogens with zero attached hydrogens (tertiary/aromatic N) is 2. The summed E-state index contributed by atoms with van der Waals surface area (Å²) in [6.45, 7) is 1.01. The first-order valence-corrected chi connectivity index (χ1v) is 11.2. The van der Waals surface area contributed by atoms with E-state index in [-0.39, 0.29) is 10.8 Å². The topological polar surface area (TPSA) is 62.6 Å². The van der Waals surface area contributed by atoms with Gasteiger partial charge in [0.1, 0.15) is 10.6 Å². The molecule has 0 saturated heterocycles. The number of hydrogen-bond acceptors (Lipinski definition) is 7. The summed E-state index contributed by atoms with van der Waals surface area (Å²) in [4.78, 5) is 20.7. The predicted molar refractivity (Wildman–Crippen MR) is 117 cm³/mol. The van der Waals surface area contributed by atoms with E-state index in [1.54, 1.807) is 37.2 Å². The van der Waals surface area contributed by atoms with Crippen molar-refractivity contribution in [3.8, 4) is 11.4 Å². The van der Waals surface area contributed by atoms with E-state index in [4.69, 9.17) is 19.2 Å². The third-order valence-electron chi connectivity index (χ3n) is 5.00. The summed E-state index contributed by atoms with van der Waals surface area (Å²) in [7, 11) is 4.95. The molecule has 0 atom stereocenters. The molecular weight excluding hydrogens is 408 g/mol. The normalized spacial score (nSPS) is 13.4. The Labute approximate surface area is 177 Å². The van der Waals surface area contributed by atoms with Crippen LogP contribution in [0.2, 0.25) is 0 Å². The van der Waals surface area contributed by atoms with Crippen LogP contribution in [0.25, 0.3) is 15.9 Å². The van der Waals surface area contributed by atoms with Gasteiger partial charge in [-0.15, -0.1) is 11.3 Å². The van der Waals surface area contributed by atoms with Crippen LogP contribution >= 0.6 is 23.1 Å². The lowest BCUT2D eigenvalue weighted by atomic mass is 10.2. The summed E-state index contributed by atoms with van der Waals surface area (Å²) in [5.74, 6) is 0.700. The SMILES string of the molecule is COCC(COC)Sc1nc2sc3c(c2c(=O)n1-c1cccc(OC)c1)CCC3. The van der Waals surface area contributed by atoms with E-state index in [0.29, 0.717) is 24.1 Å². The molecule has 0 bridgehead atoms. The van der Waals surface area contributed by atoms with Gasteiger partial charge < -0.3 is 14.2 Å². The molecule has 1 aromatic carbocycles. The fraction of sp³-hybridized carbons (Fsp3) is 0.429. The van der Waals surface area contributed by atoms with Gasteiger partial charge in [0.05, 0.1) is 36.6 Å². The molecule has 154 valence electrons. The number of ether oxygens (including phenoxy) is 3. The van der Waals surface area contributed by atoms with Gasteiger partial charge in [0.25, 0.3) is 5.56 Å². The van der Waals surface area contributed by atoms with E-state index >= 15 is 0 Å². The van der Waals surface area contributed by atoms with Crippen molar-refractivity contribution >= 4 is 33.3 Å². The highest BCUT2D eigenvalue weighted by molar-refractivity contribution is 7.99. The zero-order valence-corrected chi connectivity index (χ0v) is 18.4. The van der Waals surface area contributed by atoms with E-state index < -0.39 is 0 Å². The smallest absolute Gasteiger partial charge is 0.267 e. The lowest BCUT2D eigenvalue weighted by molar-refractivity contribution is 0.144. The molecular formula is C21H24N2O4S2. The van der Waals surface area contributed by atoms with Crippen LogP contribution < -0.4 is 10.3 Å². The second-order valence-corrected chi connectivity index (χ2v) is 9.28. The number of methoxy groups -OCH3 is 3. The third-order valence-corrected chi connectivity index (χ3v) is 7.27. The van der Waals surface area contributed by atoms with Crippen molar-refractivity contribution in [1.82, 2.24) is 9.55 Å². The molecule has 0 aliphatic heterocycles. The van der Waals surface area contributed by atoms with Gasteiger partial charge in [0, 0.05) is 25.2 Å². The van der Waals surface area contributed by atoms with Gasteiger partial charge in [0.2, 0.25) is 0 Å². The first kappa shape index (κ1) is 20.4. The van der Waals surface area contributed by atoms with Crippen LogP contribution in [0, 0.1) is 0 Å². The van der Waals surface area contributed by atoms with Crippen LogP contribution in [-0.2, 0) is 22.3 Å². The average molecular weight is 433 g/mol. The molecule has 1 aliphatic carbocycles. The van der Waals surface area contributed by atoms with Gasteiger partial charge in [-0.25, -0.2) is 4.98 Å². The summed E-state index contributed by atoms with van der Waals surface area (Å²) in [5.41, 5.74) is 1.91. The quantitative estimate of drug-likeness (QED) is 0.400. The number of thioether (sulfide) groups is 1. The summed E-state index contributed by atoms with van der Waals surface area (Å²) >= 11 is 3.17. The first-order valence-electron chi connectivity index (χ1n) is 9.52. The molecule has 3 aromatic rings. The van der Waals surface area contributed by atoms with Crippen molar-refractivity contribution in [1.29, 1.82) is 0 Å². The molecule has 0 spiro atoms. The molecule has 0 amide bonds. The number of aromatic nitrogens is 2. The second kappa shape index (κ2) is 8.87. The lowest BCUT2D eigenvalue weighted by Gasteiger charge is -2.18. The van der Waals surface area contributed by atoms with Gasteiger partial charge in [-0.2, -0.15) is 0 Å². The van der Waals surface area contributed by atoms with Gasteiger partial charge in [-0.05, 0) is 37.0 Å². The summed E-state index contributed by atoms with van der Waals surface area (Å²) in [6.07, 6.45) is 3.09. The lowest BCUT2D eigenvalue weighted by Crippen LogP contribution is -2.24. The van der Waals surface area contributed by atoms with Gasteiger partial charge in [0.15, 0.2) is 5.16 Å². The Bertz CT molecular complexity index is 1070. The minimum atomic E-state index is -0.0151. The van der Waals surface area contributed by atoms with Crippen LogP contribution in [0.5, 0.6) is 5.75 Å². The molecule has 8 heteroatoms. The van der Waals surface area contributed by atoms with E-state index in [2.05, 4.69) is 0 Å². The monoisotopic (exact) mass is 432 g/mol. The molecule has 0 saturated carbocycles. The van der Waals surface area contributed by atoms with Crippen molar-refractivity contribution in [2.75, 3.05) is 34.5 Å². The van der Waals surface area contributed by atoms with E-state index in [1.165, 1.54) is 22.2 Å². The molecule has 29 heavy (non-hydrogen) atoms. The fourth-order valence-electron chi connectivity index (χ4n) is 3.72. The fourth-order valence-corrected chi connectivity index (χ4v) is 6.17. The van der Waals surface area contributed by atoms with E-state index in [9.17, 15) is 4.79 Å². The molecule has 4 rings (SSSR count). The van der Waals surface area contributed by atoms with Crippen molar-refractivity contribution in [3.63, 3.8) is 0 Å². The number of fused-ring (bicyclic) bond motifs is 3. The Hall–Kier alpha value is -1.87. The number of rotatable bonds is 8. The molecule has 0 radical (unpaired) electrons. The Morgan fingerprint density at radius 1 is 1.21 bits per heavy atom. The number of aryl methyl sites for hydroxylation is 2. The Kier molecular flexibility index (Phi) is 6.24. The molecule has 1 aliphatic rings. The number of hydrogen-bond donors (Lipinski definition) is 0. The van der Waals surface area contributed by atoms with Crippen LogP contribution in [-0.4, -0.2) is 49.3 Å². The Morgan fingerprint density at radius 2 is 2.00 bits per heavy atom. The van der Waals surface area contributed by atoms with Gasteiger partial charge in [-0.3, -0.25) is 9.36 Å². The van der Waals surface area contributed by atoms with Crippen LogP contribution in [0.4, 0.5) is 0 Å². The minimum absolute atomic E-state index is 0.0151. The highest BCUT2D eigenvalue weighted by Crippen LogP contribution is 2.36. The van der Waals surface area contributed by atoms with Crippen LogP contribution in [0.15, 0.2) is 34.2 Å². The van der Waals surface area contributed by atoms with Crippen LogP contribution in [0.1, 0.15) is 16.9 Å². The van der Waals surface area contributed by atoms with E-state index in [1.807, 2.05) is 24.3 Å². The zero-order valence-electron chi connectivity index (χ0n) is 16.8. The summed E-state index contributed by atoms with van der Waals surface area (Å²) in [5, 5.41) is 1.44. The van der Waals surface area contributed by atoms with Crippen molar-refractivity contribution < 1.29 is 14.2 Å².